The number of unbranched alkanes of at least 4 members (excludes halogenated alkanes) is 4. The van der Waals surface area contributed by atoms with Gasteiger partial charge in [0.1, 0.15) is 5.37 Å². The fraction of sp³-hybridized carbons (Fsp3) is 0.750. The Bertz CT molecular complexity index is 228. The zero-order valence-corrected chi connectivity index (χ0v) is 10.6. The topological polar surface area (TPSA) is 20.3 Å². The van der Waals surface area contributed by atoms with E-state index in [0.29, 0.717) is 0 Å². The van der Waals surface area contributed by atoms with Gasteiger partial charge in [0.15, 0.2) is 6.29 Å². The SMILES string of the molecule is CCCCCCCN1C(C)=CSC1C=O. The monoisotopic (exact) mass is 227 g/mol. The number of aldehydes is 1. The van der Waals surface area contributed by atoms with Gasteiger partial charge in [-0.25, -0.2) is 0 Å². The highest BCUT2D eigenvalue weighted by Crippen LogP contribution is 2.29. The molecule has 0 aromatic heterocycles. The van der Waals surface area contributed by atoms with Crippen LogP contribution < -0.4 is 0 Å². The molecule has 2 nitrogen and oxygen atoms in total. The number of carbonyl (C=O) groups excluding carboxylic acids is 1. The zero-order chi connectivity index (χ0) is 11.1. The lowest BCUT2D eigenvalue weighted by molar-refractivity contribution is -0.109. The van der Waals surface area contributed by atoms with Gasteiger partial charge in [-0.05, 0) is 18.8 Å². The van der Waals surface area contributed by atoms with E-state index in [9.17, 15) is 4.79 Å². The van der Waals surface area contributed by atoms with Crippen molar-refractivity contribution in [1.29, 1.82) is 0 Å². The Morgan fingerprint density at radius 3 is 2.80 bits per heavy atom. The lowest BCUT2D eigenvalue weighted by Gasteiger charge is -2.23. The minimum atomic E-state index is 0.0381. The summed E-state index contributed by atoms with van der Waals surface area (Å²) in [5, 5.41) is 2.13. The molecule has 1 aliphatic rings. The lowest BCUT2D eigenvalue weighted by Crippen LogP contribution is -2.29. The summed E-state index contributed by atoms with van der Waals surface area (Å²) in [4.78, 5) is 13.0. The third-order valence-electron chi connectivity index (χ3n) is 2.76. The maximum absolute atomic E-state index is 10.8. The lowest BCUT2D eigenvalue weighted by atomic mass is 10.1. The second kappa shape index (κ2) is 6.94. The Balaban J connectivity index is 2.19. The molecule has 3 heteroatoms. The standard InChI is InChI=1S/C12H21NOS/c1-3-4-5-6-7-8-13-11(2)10-15-12(13)9-14/h9-10,12H,3-8H2,1-2H3. The molecule has 0 saturated heterocycles. The number of thioether (sulfide) groups is 1. The summed E-state index contributed by atoms with van der Waals surface area (Å²) in [5.41, 5.74) is 1.24. The Hall–Kier alpha value is -0.440. The van der Waals surface area contributed by atoms with E-state index in [1.54, 1.807) is 11.8 Å². The van der Waals surface area contributed by atoms with E-state index in [0.717, 1.165) is 12.8 Å². The fourth-order valence-electron chi connectivity index (χ4n) is 1.80. The van der Waals surface area contributed by atoms with Crippen LogP contribution in [0.4, 0.5) is 0 Å². The number of allylic oxidation sites excluding steroid dienone is 1. The van der Waals surface area contributed by atoms with Gasteiger partial charge in [0.05, 0.1) is 0 Å². The molecule has 0 aliphatic carbocycles. The molecule has 1 rings (SSSR count). The molecule has 0 amide bonds. The molecule has 1 aliphatic heterocycles. The van der Waals surface area contributed by atoms with Crippen LogP contribution in [0.5, 0.6) is 0 Å². The summed E-state index contributed by atoms with van der Waals surface area (Å²) in [5.74, 6) is 0. The third kappa shape index (κ3) is 3.90. The van der Waals surface area contributed by atoms with Gasteiger partial charge in [-0.3, -0.25) is 0 Å². The minimum absolute atomic E-state index is 0.0381. The van der Waals surface area contributed by atoms with Crippen molar-refractivity contribution in [1.82, 2.24) is 4.90 Å². The number of hydrogen-bond acceptors (Lipinski definition) is 3. The number of rotatable bonds is 7. The van der Waals surface area contributed by atoms with Gasteiger partial charge < -0.3 is 9.69 Å². The van der Waals surface area contributed by atoms with E-state index < -0.39 is 0 Å². The highest BCUT2D eigenvalue weighted by Gasteiger charge is 2.22. The van der Waals surface area contributed by atoms with Crippen molar-refractivity contribution in [3.05, 3.63) is 11.1 Å². The summed E-state index contributed by atoms with van der Waals surface area (Å²) >= 11 is 1.62. The van der Waals surface area contributed by atoms with E-state index >= 15 is 0 Å². The van der Waals surface area contributed by atoms with Gasteiger partial charge in [0.25, 0.3) is 0 Å². The van der Waals surface area contributed by atoms with Crippen LogP contribution in [0, 0.1) is 0 Å². The van der Waals surface area contributed by atoms with Crippen molar-refractivity contribution < 1.29 is 4.79 Å². The third-order valence-corrected chi connectivity index (χ3v) is 3.88. The molecular weight excluding hydrogens is 206 g/mol. The largest absolute Gasteiger partial charge is 0.356 e. The normalized spacial score (nSPS) is 20.5. The summed E-state index contributed by atoms with van der Waals surface area (Å²) in [7, 11) is 0. The van der Waals surface area contributed by atoms with Gasteiger partial charge in [-0.1, -0.05) is 44.4 Å². The molecule has 0 fully saturated rings. The van der Waals surface area contributed by atoms with Crippen LogP contribution in [0.3, 0.4) is 0 Å². The fourth-order valence-corrected chi connectivity index (χ4v) is 2.76. The minimum Gasteiger partial charge on any atom is -0.356 e. The maximum atomic E-state index is 10.8. The molecule has 0 radical (unpaired) electrons. The van der Waals surface area contributed by atoms with Crippen LogP contribution in [-0.4, -0.2) is 23.1 Å². The van der Waals surface area contributed by atoms with E-state index in [4.69, 9.17) is 0 Å². The Labute approximate surface area is 97.1 Å². The van der Waals surface area contributed by atoms with Crippen LogP contribution in [0.15, 0.2) is 11.1 Å². The average Bonchev–Trinajstić information content (AvgIpc) is 2.60. The quantitative estimate of drug-likeness (QED) is 0.491. The van der Waals surface area contributed by atoms with Gasteiger partial charge in [0, 0.05) is 12.2 Å². The molecule has 15 heavy (non-hydrogen) atoms. The second-order valence-electron chi connectivity index (χ2n) is 4.03. The zero-order valence-electron chi connectivity index (χ0n) is 9.74. The van der Waals surface area contributed by atoms with E-state index in [1.807, 2.05) is 0 Å². The Kier molecular flexibility index (Phi) is 5.84. The number of hydrogen-bond donors (Lipinski definition) is 0. The molecule has 0 N–H and O–H groups in total. The van der Waals surface area contributed by atoms with Crippen LogP contribution >= 0.6 is 11.8 Å². The van der Waals surface area contributed by atoms with Crippen LogP contribution in [0.25, 0.3) is 0 Å². The molecule has 0 aromatic rings. The first-order valence-corrected chi connectivity index (χ1v) is 6.78. The molecule has 0 saturated carbocycles. The molecule has 1 unspecified atom stereocenters. The molecule has 0 spiro atoms. The Morgan fingerprint density at radius 1 is 1.40 bits per heavy atom. The average molecular weight is 227 g/mol. The molecule has 0 aromatic carbocycles. The van der Waals surface area contributed by atoms with Gasteiger partial charge in [-0.15, -0.1) is 0 Å². The van der Waals surface area contributed by atoms with Crippen molar-refractivity contribution in [2.75, 3.05) is 6.54 Å². The van der Waals surface area contributed by atoms with Crippen molar-refractivity contribution in [3.63, 3.8) is 0 Å². The number of carbonyl (C=O) groups is 1. The van der Waals surface area contributed by atoms with Gasteiger partial charge in [0.2, 0.25) is 0 Å². The van der Waals surface area contributed by atoms with Crippen LogP contribution in [0.2, 0.25) is 0 Å². The van der Waals surface area contributed by atoms with E-state index in [-0.39, 0.29) is 5.37 Å². The highest BCUT2D eigenvalue weighted by atomic mass is 32.2. The Morgan fingerprint density at radius 2 is 2.13 bits per heavy atom. The van der Waals surface area contributed by atoms with Crippen LogP contribution in [0.1, 0.15) is 46.0 Å². The van der Waals surface area contributed by atoms with E-state index in [1.165, 1.54) is 37.8 Å². The second-order valence-corrected chi connectivity index (χ2v) is 5.02. The van der Waals surface area contributed by atoms with E-state index in [2.05, 4.69) is 24.2 Å². The maximum Gasteiger partial charge on any atom is 0.153 e. The van der Waals surface area contributed by atoms with Crippen molar-refractivity contribution in [3.8, 4) is 0 Å². The molecule has 1 atom stereocenters. The van der Waals surface area contributed by atoms with Crippen molar-refractivity contribution >= 4 is 18.0 Å². The molecule has 86 valence electrons. The van der Waals surface area contributed by atoms with Crippen molar-refractivity contribution in [2.45, 2.75) is 51.3 Å². The smallest absolute Gasteiger partial charge is 0.153 e. The summed E-state index contributed by atoms with van der Waals surface area (Å²) in [6.45, 7) is 5.34. The van der Waals surface area contributed by atoms with Crippen molar-refractivity contribution in [2.24, 2.45) is 0 Å². The van der Waals surface area contributed by atoms with Gasteiger partial charge in [-0.2, -0.15) is 0 Å². The summed E-state index contributed by atoms with van der Waals surface area (Å²) in [6, 6.07) is 0. The molecule has 0 bridgehead atoms. The number of nitrogens with zero attached hydrogens (tertiary/aromatic N) is 1. The first kappa shape index (κ1) is 12.6. The van der Waals surface area contributed by atoms with Gasteiger partial charge >= 0.3 is 0 Å². The molecule has 1 heterocycles. The predicted octanol–water partition coefficient (Wildman–Crippen LogP) is 3.39. The van der Waals surface area contributed by atoms with Crippen LogP contribution in [-0.2, 0) is 4.79 Å². The highest BCUT2D eigenvalue weighted by molar-refractivity contribution is 8.03. The molecular formula is C12H21NOS. The first-order chi connectivity index (χ1) is 7.29. The summed E-state index contributed by atoms with van der Waals surface area (Å²) in [6.07, 6.45) is 7.48. The summed E-state index contributed by atoms with van der Waals surface area (Å²) < 4.78 is 0. The predicted molar refractivity (Wildman–Crippen MR) is 66.7 cm³/mol. The first-order valence-electron chi connectivity index (χ1n) is 5.83.